The number of nitrogens with two attached hydrogens (primary N) is 1. The molecule has 0 aliphatic rings. The van der Waals surface area contributed by atoms with Crippen molar-refractivity contribution in [2.24, 2.45) is 0 Å². The Morgan fingerprint density at radius 1 is 1.33 bits per heavy atom. The van der Waals surface area contributed by atoms with Gasteiger partial charge in [0.1, 0.15) is 12.4 Å². The van der Waals surface area contributed by atoms with Crippen LogP contribution in [0.4, 0.5) is 11.5 Å². The number of halogens is 2. The number of rotatable bonds is 3. The first-order chi connectivity index (χ1) is 8.56. The van der Waals surface area contributed by atoms with Crippen LogP contribution >= 0.6 is 31.9 Å². The number of para-hydroxylation sites is 1. The average molecular weight is 374 g/mol. The van der Waals surface area contributed by atoms with E-state index in [9.17, 15) is 4.79 Å². The van der Waals surface area contributed by atoms with Crippen molar-refractivity contribution in [1.82, 2.24) is 9.78 Å². The van der Waals surface area contributed by atoms with E-state index < -0.39 is 0 Å². The van der Waals surface area contributed by atoms with Crippen molar-refractivity contribution in [3.05, 3.63) is 39.4 Å². The molecule has 0 fully saturated rings. The SMILES string of the molecule is Nc1ccn(CC(=O)Nc2c(Br)cccc2Br)n1. The Morgan fingerprint density at radius 3 is 2.56 bits per heavy atom. The van der Waals surface area contributed by atoms with Gasteiger partial charge in [0.25, 0.3) is 0 Å². The van der Waals surface area contributed by atoms with Crippen molar-refractivity contribution < 1.29 is 4.79 Å². The third kappa shape index (κ3) is 3.11. The predicted octanol–water partition coefficient (Wildman–Crippen LogP) is 2.63. The fraction of sp³-hybridized carbons (Fsp3) is 0.0909. The second-order valence-corrected chi connectivity index (χ2v) is 5.29. The van der Waals surface area contributed by atoms with E-state index in [-0.39, 0.29) is 12.5 Å². The first-order valence-electron chi connectivity index (χ1n) is 5.09. The fourth-order valence-corrected chi connectivity index (χ4v) is 2.61. The summed E-state index contributed by atoms with van der Waals surface area (Å²) >= 11 is 6.76. The van der Waals surface area contributed by atoms with Gasteiger partial charge >= 0.3 is 0 Å². The maximum atomic E-state index is 11.8. The Morgan fingerprint density at radius 2 is 2.00 bits per heavy atom. The highest BCUT2D eigenvalue weighted by Crippen LogP contribution is 2.30. The van der Waals surface area contributed by atoms with Gasteiger partial charge in [-0.2, -0.15) is 5.10 Å². The van der Waals surface area contributed by atoms with E-state index in [0.717, 1.165) is 8.95 Å². The van der Waals surface area contributed by atoms with E-state index >= 15 is 0 Å². The highest BCUT2D eigenvalue weighted by atomic mass is 79.9. The lowest BCUT2D eigenvalue weighted by atomic mass is 10.3. The molecule has 1 aromatic carbocycles. The van der Waals surface area contributed by atoms with Crippen molar-refractivity contribution in [3.63, 3.8) is 0 Å². The van der Waals surface area contributed by atoms with Crippen LogP contribution in [-0.4, -0.2) is 15.7 Å². The minimum Gasteiger partial charge on any atom is -0.382 e. The van der Waals surface area contributed by atoms with Gasteiger partial charge in [0.15, 0.2) is 0 Å². The zero-order valence-corrected chi connectivity index (χ0v) is 12.4. The van der Waals surface area contributed by atoms with Crippen LogP contribution in [-0.2, 0) is 11.3 Å². The zero-order valence-electron chi connectivity index (χ0n) is 9.23. The third-order valence-electron chi connectivity index (χ3n) is 2.19. The Hall–Kier alpha value is -1.34. The molecule has 0 radical (unpaired) electrons. The molecule has 1 amide bonds. The Balaban J connectivity index is 2.08. The van der Waals surface area contributed by atoms with Gasteiger partial charge in [0.2, 0.25) is 5.91 Å². The second-order valence-electron chi connectivity index (χ2n) is 3.58. The van der Waals surface area contributed by atoms with Gasteiger partial charge in [-0.05, 0) is 50.1 Å². The van der Waals surface area contributed by atoms with Crippen molar-refractivity contribution in [1.29, 1.82) is 0 Å². The molecule has 0 aliphatic heterocycles. The number of amides is 1. The Bertz CT molecular complexity index is 562. The van der Waals surface area contributed by atoms with Crippen LogP contribution in [0.15, 0.2) is 39.4 Å². The molecule has 1 aromatic heterocycles. The van der Waals surface area contributed by atoms with Gasteiger partial charge < -0.3 is 11.1 Å². The van der Waals surface area contributed by atoms with Gasteiger partial charge in [-0.3, -0.25) is 9.48 Å². The molecule has 5 nitrogen and oxygen atoms in total. The maximum absolute atomic E-state index is 11.8. The first-order valence-corrected chi connectivity index (χ1v) is 6.67. The fourth-order valence-electron chi connectivity index (χ4n) is 1.41. The van der Waals surface area contributed by atoms with E-state index in [1.165, 1.54) is 4.68 Å². The third-order valence-corrected chi connectivity index (χ3v) is 3.52. The Labute approximate surface area is 121 Å². The van der Waals surface area contributed by atoms with Crippen LogP contribution in [0.3, 0.4) is 0 Å². The molecule has 0 unspecified atom stereocenters. The summed E-state index contributed by atoms with van der Waals surface area (Å²) in [4.78, 5) is 11.8. The van der Waals surface area contributed by atoms with E-state index in [4.69, 9.17) is 5.73 Å². The van der Waals surface area contributed by atoms with Crippen LogP contribution in [0.5, 0.6) is 0 Å². The number of carbonyl (C=O) groups excluding carboxylic acids is 1. The molecule has 0 atom stereocenters. The molecule has 3 N–H and O–H groups in total. The van der Waals surface area contributed by atoms with Crippen LogP contribution in [0.1, 0.15) is 0 Å². The molecule has 0 saturated carbocycles. The Kier molecular flexibility index (Phi) is 4.03. The van der Waals surface area contributed by atoms with E-state index in [0.29, 0.717) is 11.5 Å². The summed E-state index contributed by atoms with van der Waals surface area (Å²) in [5, 5.41) is 6.75. The molecule has 94 valence electrons. The zero-order chi connectivity index (χ0) is 13.1. The highest BCUT2D eigenvalue weighted by Gasteiger charge is 2.09. The van der Waals surface area contributed by atoms with Gasteiger partial charge in [-0.1, -0.05) is 6.07 Å². The molecular formula is C11H10Br2N4O. The van der Waals surface area contributed by atoms with Crippen molar-refractivity contribution in [2.75, 3.05) is 11.1 Å². The molecule has 0 bridgehead atoms. The molecule has 0 saturated heterocycles. The number of anilines is 2. The van der Waals surface area contributed by atoms with Crippen molar-refractivity contribution >= 4 is 49.3 Å². The summed E-state index contributed by atoms with van der Waals surface area (Å²) in [6.07, 6.45) is 1.66. The van der Waals surface area contributed by atoms with E-state index in [1.54, 1.807) is 12.3 Å². The van der Waals surface area contributed by atoms with E-state index in [1.807, 2.05) is 18.2 Å². The second kappa shape index (κ2) is 5.53. The number of aromatic nitrogens is 2. The lowest BCUT2D eigenvalue weighted by molar-refractivity contribution is -0.116. The monoisotopic (exact) mass is 372 g/mol. The summed E-state index contributed by atoms with van der Waals surface area (Å²) in [5.41, 5.74) is 6.17. The normalized spacial score (nSPS) is 10.3. The van der Waals surface area contributed by atoms with Crippen LogP contribution < -0.4 is 11.1 Å². The smallest absolute Gasteiger partial charge is 0.246 e. The minimum absolute atomic E-state index is 0.116. The highest BCUT2D eigenvalue weighted by molar-refractivity contribution is 9.11. The molecule has 1 heterocycles. The lowest BCUT2D eigenvalue weighted by Crippen LogP contribution is -2.19. The van der Waals surface area contributed by atoms with Crippen molar-refractivity contribution in [2.45, 2.75) is 6.54 Å². The summed E-state index contributed by atoms with van der Waals surface area (Å²) in [5.74, 6) is 0.218. The summed E-state index contributed by atoms with van der Waals surface area (Å²) in [6, 6.07) is 7.22. The van der Waals surface area contributed by atoms with Crippen LogP contribution in [0.2, 0.25) is 0 Å². The number of hydrogen-bond donors (Lipinski definition) is 2. The molecular weight excluding hydrogens is 364 g/mol. The number of carbonyl (C=O) groups is 1. The summed E-state index contributed by atoms with van der Waals surface area (Å²) in [7, 11) is 0. The van der Waals surface area contributed by atoms with Gasteiger partial charge in [0.05, 0.1) is 5.69 Å². The number of nitrogen functional groups attached to an aromatic ring is 1. The van der Waals surface area contributed by atoms with E-state index in [2.05, 4.69) is 42.3 Å². The maximum Gasteiger partial charge on any atom is 0.246 e. The lowest BCUT2D eigenvalue weighted by Gasteiger charge is -2.09. The number of hydrogen-bond acceptors (Lipinski definition) is 3. The van der Waals surface area contributed by atoms with Gasteiger partial charge in [-0.15, -0.1) is 0 Å². The molecule has 2 rings (SSSR count). The molecule has 7 heteroatoms. The molecule has 18 heavy (non-hydrogen) atoms. The van der Waals surface area contributed by atoms with Gasteiger partial charge in [0, 0.05) is 15.1 Å². The number of benzene rings is 1. The molecule has 2 aromatic rings. The summed E-state index contributed by atoms with van der Waals surface area (Å²) in [6.45, 7) is 0.116. The molecule has 0 aliphatic carbocycles. The van der Waals surface area contributed by atoms with Gasteiger partial charge in [-0.25, -0.2) is 0 Å². The average Bonchev–Trinajstić information content (AvgIpc) is 2.69. The topological polar surface area (TPSA) is 72.9 Å². The predicted molar refractivity (Wildman–Crippen MR) is 77.1 cm³/mol. The van der Waals surface area contributed by atoms with Crippen LogP contribution in [0.25, 0.3) is 0 Å². The quantitative estimate of drug-likeness (QED) is 0.868. The minimum atomic E-state index is -0.175. The first kappa shape index (κ1) is 13.1. The van der Waals surface area contributed by atoms with Crippen LogP contribution in [0, 0.1) is 0 Å². The number of nitrogens with zero attached hydrogens (tertiary/aromatic N) is 2. The van der Waals surface area contributed by atoms with Crippen molar-refractivity contribution in [3.8, 4) is 0 Å². The number of nitrogens with one attached hydrogen (secondary N) is 1. The standard InChI is InChI=1S/C11H10Br2N4O/c12-7-2-1-3-8(13)11(7)15-10(18)6-17-5-4-9(14)16-17/h1-5H,6H2,(H2,14,16)(H,15,18). The molecule has 0 spiro atoms. The summed E-state index contributed by atoms with van der Waals surface area (Å²) < 4.78 is 3.10. The largest absolute Gasteiger partial charge is 0.382 e.